The zero-order valence-corrected chi connectivity index (χ0v) is 15.0. The van der Waals surface area contributed by atoms with E-state index in [1.807, 2.05) is 48.8 Å². The van der Waals surface area contributed by atoms with Gasteiger partial charge >= 0.3 is 0 Å². The number of carbonyl (C=O) groups excluding carboxylic acids is 2. The monoisotopic (exact) mass is 341 g/mol. The molecule has 7 heteroatoms. The fourth-order valence-corrected chi connectivity index (χ4v) is 3.15. The van der Waals surface area contributed by atoms with Gasteiger partial charge in [-0.3, -0.25) is 14.5 Å². The minimum absolute atomic E-state index is 0.0317. The number of hydrogen-bond donors (Lipinski definition) is 1. The predicted molar refractivity (Wildman–Crippen MR) is 93.7 cm³/mol. The van der Waals surface area contributed by atoms with Gasteiger partial charge in [0, 0.05) is 32.7 Å². The SMILES string of the molecule is CN1Cc2ccc(CNC(=O)C(c3cncn3C)N(C)C)cc2C1=O. The minimum Gasteiger partial charge on any atom is -0.350 e. The summed E-state index contributed by atoms with van der Waals surface area (Å²) in [4.78, 5) is 32.4. The Morgan fingerprint density at radius 1 is 1.36 bits per heavy atom. The van der Waals surface area contributed by atoms with E-state index >= 15 is 0 Å². The third-order valence-electron chi connectivity index (χ3n) is 4.52. The Balaban J connectivity index is 1.72. The molecule has 0 saturated carbocycles. The van der Waals surface area contributed by atoms with Gasteiger partial charge in [0.25, 0.3) is 5.91 Å². The number of fused-ring (bicyclic) bond motifs is 1. The van der Waals surface area contributed by atoms with Crippen LogP contribution in [0.5, 0.6) is 0 Å². The lowest BCUT2D eigenvalue weighted by Gasteiger charge is -2.23. The molecule has 1 N–H and O–H groups in total. The number of hydrogen-bond acceptors (Lipinski definition) is 4. The van der Waals surface area contributed by atoms with Crippen molar-refractivity contribution in [1.82, 2.24) is 24.7 Å². The Morgan fingerprint density at radius 2 is 2.12 bits per heavy atom. The number of nitrogens with one attached hydrogen (secondary N) is 1. The van der Waals surface area contributed by atoms with E-state index in [1.165, 1.54) is 0 Å². The third-order valence-corrected chi connectivity index (χ3v) is 4.52. The summed E-state index contributed by atoms with van der Waals surface area (Å²) in [6.45, 7) is 1.02. The molecule has 1 atom stereocenters. The van der Waals surface area contributed by atoms with Crippen LogP contribution in [0.1, 0.15) is 33.2 Å². The number of imidazole rings is 1. The number of carbonyl (C=O) groups is 2. The number of aromatic nitrogens is 2. The van der Waals surface area contributed by atoms with Gasteiger partial charge in [0.05, 0.1) is 18.2 Å². The molecule has 2 amide bonds. The van der Waals surface area contributed by atoms with Gasteiger partial charge in [-0.25, -0.2) is 4.98 Å². The number of likely N-dealkylation sites (N-methyl/N-ethyl adjacent to an activating group) is 1. The zero-order chi connectivity index (χ0) is 18.1. The van der Waals surface area contributed by atoms with Crippen LogP contribution in [-0.4, -0.2) is 52.3 Å². The predicted octanol–water partition coefficient (Wildman–Crippen LogP) is 0.925. The highest BCUT2D eigenvalue weighted by atomic mass is 16.2. The van der Waals surface area contributed by atoms with E-state index < -0.39 is 6.04 Å². The minimum atomic E-state index is -0.422. The van der Waals surface area contributed by atoms with E-state index in [0.717, 1.165) is 22.4 Å². The van der Waals surface area contributed by atoms with Gasteiger partial charge < -0.3 is 14.8 Å². The lowest BCUT2D eigenvalue weighted by atomic mass is 10.1. The average Bonchev–Trinajstić information content (AvgIpc) is 3.10. The van der Waals surface area contributed by atoms with Gasteiger partial charge in [-0.2, -0.15) is 0 Å². The van der Waals surface area contributed by atoms with Crippen molar-refractivity contribution in [3.05, 3.63) is 53.1 Å². The van der Waals surface area contributed by atoms with Gasteiger partial charge in [0.2, 0.25) is 5.91 Å². The number of benzene rings is 1. The van der Waals surface area contributed by atoms with Crippen molar-refractivity contribution in [1.29, 1.82) is 0 Å². The lowest BCUT2D eigenvalue weighted by molar-refractivity contribution is -0.126. The Bertz CT molecular complexity index is 812. The van der Waals surface area contributed by atoms with Crippen LogP contribution in [0.4, 0.5) is 0 Å². The molecule has 1 aromatic heterocycles. The maximum atomic E-state index is 12.7. The quantitative estimate of drug-likeness (QED) is 0.878. The van der Waals surface area contributed by atoms with Crippen molar-refractivity contribution in [3.63, 3.8) is 0 Å². The van der Waals surface area contributed by atoms with Crippen LogP contribution in [0.3, 0.4) is 0 Å². The fourth-order valence-electron chi connectivity index (χ4n) is 3.15. The molecule has 1 aliphatic rings. The summed E-state index contributed by atoms with van der Waals surface area (Å²) in [5, 5.41) is 2.97. The van der Waals surface area contributed by atoms with Gasteiger partial charge in [0.1, 0.15) is 6.04 Å². The molecule has 0 bridgehead atoms. The van der Waals surface area contributed by atoms with Crippen molar-refractivity contribution in [2.45, 2.75) is 19.1 Å². The highest BCUT2D eigenvalue weighted by Crippen LogP contribution is 2.23. The summed E-state index contributed by atoms with van der Waals surface area (Å²) in [5.74, 6) is -0.0678. The summed E-state index contributed by atoms with van der Waals surface area (Å²) in [6.07, 6.45) is 3.38. The molecule has 7 nitrogen and oxygen atoms in total. The molecule has 2 heterocycles. The van der Waals surface area contributed by atoms with Crippen LogP contribution in [0.2, 0.25) is 0 Å². The van der Waals surface area contributed by atoms with Crippen LogP contribution in [0, 0.1) is 0 Å². The molecule has 1 aliphatic heterocycles. The average molecular weight is 341 g/mol. The molecule has 1 aromatic carbocycles. The number of nitrogens with zero attached hydrogens (tertiary/aromatic N) is 4. The number of aryl methyl sites for hydroxylation is 1. The van der Waals surface area contributed by atoms with Crippen molar-refractivity contribution in [2.75, 3.05) is 21.1 Å². The number of amides is 2. The summed E-state index contributed by atoms with van der Waals surface area (Å²) >= 11 is 0. The first-order valence-corrected chi connectivity index (χ1v) is 8.16. The Labute approximate surface area is 147 Å². The lowest BCUT2D eigenvalue weighted by Crippen LogP contribution is -2.37. The standard InChI is InChI=1S/C18H23N5O2/c1-21(2)16(15-9-19-11-23(15)4)17(24)20-8-12-5-6-13-10-22(3)18(25)14(13)7-12/h5-7,9,11,16H,8,10H2,1-4H3,(H,20,24). The molecule has 0 aliphatic carbocycles. The van der Waals surface area contributed by atoms with Crippen LogP contribution < -0.4 is 5.32 Å². The van der Waals surface area contributed by atoms with E-state index in [0.29, 0.717) is 13.1 Å². The molecular formula is C18H23N5O2. The van der Waals surface area contributed by atoms with Crippen molar-refractivity contribution in [2.24, 2.45) is 7.05 Å². The molecule has 25 heavy (non-hydrogen) atoms. The second-order valence-corrected chi connectivity index (χ2v) is 6.67. The first-order chi connectivity index (χ1) is 11.9. The summed E-state index contributed by atoms with van der Waals surface area (Å²) in [7, 11) is 7.39. The second-order valence-electron chi connectivity index (χ2n) is 6.67. The van der Waals surface area contributed by atoms with E-state index in [2.05, 4.69) is 10.3 Å². The molecule has 1 unspecified atom stereocenters. The summed E-state index contributed by atoms with van der Waals surface area (Å²) in [5.41, 5.74) is 3.50. The summed E-state index contributed by atoms with van der Waals surface area (Å²) in [6, 6.07) is 5.37. The highest BCUT2D eigenvalue weighted by Gasteiger charge is 2.26. The summed E-state index contributed by atoms with van der Waals surface area (Å²) < 4.78 is 1.84. The molecule has 0 fully saturated rings. The molecular weight excluding hydrogens is 318 g/mol. The highest BCUT2D eigenvalue weighted by molar-refractivity contribution is 5.98. The van der Waals surface area contributed by atoms with Gasteiger partial charge in [-0.15, -0.1) is 0 Å². The maximum Gasteiger partial charge on any atom is 0.254 e. The van der Waals surface area contributed by atoms with Crippen LogP contribution in [0.25, 0.3) is 0 Å². The zero-order valence-electron chi connectivity index (χ0n) is 15.0. The van der Waals surface area contributed by atoms with Crippen molar-refractivity contribution in [3.8, 4) is 0 Å². The molecule has 3 rings (SSSR count). The first kappa shape index (κ1) is 17.2. The van der Waals surface area contributed by atoms with E-state index in [-0.39, 0.29) is 11.8 Å². The molecule has 132 valence electrons. The third kappa shape index (κ3) is 3.28. The molecule has 0 radical (unpaired) electrons. The van der Waals surface area contributed by atoms with E-state index in [4.69, 9.17) is 0 Å². The fraction of sp³-hybridized carbons (Fsp3) is 0.389. The Kier molecular flexibility index (Phi) is 4.59. The largest absolute Gasteiger partial charge is 0.350 e. The van der Waals surface area contributed by atoms with Crippen LogP contribution >= 0.6 is 0 Å². The smallest absolute Gasteiger partial charge is 0.254 e. The van der Waals surface area contributed by atoms with Gasteiger partial charge in [0.15, 0.2) is 0 Å². The van der Waals surface area contributed by atoms with E-state index in [9.17, 15) is 9.59 Å². The molecule has 0 spiro atoms. The maximum absolute atomic E-state index is 12.7. The van der Waals surface area contributed by atoms with Gasteiger partial charge in [-0.1, -0.05) is 12.1 Å². The van der Waals surface area contributed by atoms with Crippen molar-refractivity contribution >= 4 is 11.8 Å². The van der Waals surface area contributed by atoms with Crippen molar-refractivity contribution < 1.29 is 9.59 Å². The first-order valence-electron chi connectivity index (χ1n) is 8.16. The van der Waals surface area contributed by atoms with Gasteiger partial charge in [-0.05, 0) is 31.3 Å². The topological polar surface area (TPSA) is 70.5 Å². The van der Waals surface area contributed by atoms with Crippen LogP contribution in [-0.2, 0) is 24.9 Å². The molecule has 0 saturated heterocycles. The van der Waals surface area contributed by atoms with Crippen LogP contribution in [0.15, 0.2) is 30.7 Å². The normalized spacial score (nSPS) is 14.8. The molecule has 2 aromatic rings. The Morgan fingerprint density at radius 3 is 2.76 bits per heavy atom. The Hall–Kier alpha value is -2.67. The number of rotatable bonds is 5. The second kappa shape index (κ2) is 6.68. The van der Waals surface area contributed by atoms with E-state index in [1.54, 1.807) is 24.5 Å².